The summed E-state index contributed by atoms with van der Waals surface area (Å²) in [6, 6.07) is 8.30. The van der Waals surface area contributed by atoms with E-state index in [9.17, 15) is 0 Å². The molecule has 0 bridgehead atoms. The van der Waals surface area contributed by atoms with E-state index in [1.165, 1.54) is 25.7 Å². The van der Waals surface area contributed by atoms with Crippen LogP contribution in [-0.4, -0.2) is 9.78 Å². The number of hydrogen-bond donors (Lipinski definition) is 0. The van der Waals surface area contributed by atoms with E-state index < -0.39 is 0 Å². The number of ether oxygens (including phenoxy) is 1. The topological polar surface area (TPSA) is 27.1 Å². The summed E-state index contributed by atoms with van der Waals surface area (Å²) in [4.78, 5) is 0. The largest absolute Gasteiger partial charge is 0.487 e. The molecule has 0 spiro atoms. The summed E-state index contributed by atoms with van der Waals surface area (Å²) >= 11 is 9.46. The van der Waals surface area contributed by atoms with Crippen LogP contribution in [0.15, 0.2) is 30.5 Å². The molecule has 3 nitrogen and oxygen atoms in total. The van der Waals surface area contributed by atoms with Gasteiger partial charge in [-0.3, -0.25) is 4.68 Å². The third-order valence-corrected chi connectivity index (χ3v) is 4.74. The number of benzene rings is 1. The van der Waals surface area contributed by atoms with E-state index in [-0.39, 0.29) is 0 Å². The standard InChI is InChI=1S/C16H18BrClN2O/c17-10-12-9-13(18)5-6-16(12)21-11-14-7-8-20(19-14)15-3-1-2-4-15/h5-9,15H,1-4,10-11H2. The van der Waals surface area contributed by atoms with E-state index in [0.29, 0.717) is 12.6 Å². The van der Waals surface area contributed by atoms with Gasteiger partial charge in [-0.15, -0.1) is 0 Å². The molecular weight excluding hydrogens is 352 g/mol. The highest BCUT2D eigenvalue weighted by Crippen LogP contribution is 2.29. The molecule has 1 aromatic carbocycles. The van der Waals surface area contributed by atoms with Gasteiger partial charge in [-0.2, -0.15) is 5.10 Å². The van der Waals surface area contributed by atoms with Gasteiger partial charge >= 0.3 is 0 Å². The predicted molar refractivity (Wildman–Crippen MR) is 88.1 cm³/mol. The molecule has 0 unspecified atom stereocenters. The lowest BCUT2D eigenvalue weighted by molar-refractivity contribution is 0.296. The van der Waals surface area contributed by atoms with Crippen LogP contribution < -0.4 is 4.74 Å². The van der Waals surface area contributed by atoms with Crippen LogP contribution in [0.2, 0.25) is 5.02 Å². The fourth-order valence-corrected chi connectivity index (χ4v) is 3.40. The van der Waals surface area contributed by atoms with Gasteiger partial charge in [0, 0.05) is 22.1 Å². The molecule has 21 heavy (non-hydrogen) atoms. The zero-order valence-corrected chi connectivity index (χ0v) is 14.1. The molecular formula is C16H18BrClN2O. The molecule has 1 aromatic heterocycles. The number of nitrogens with zero attached hydrogens (tertiary/aromatic N) is 2. The first-order chi connectivity index (χ1) is 10.3. The first-order valence-electron chi connectivity index (χ1n) is 7.27. The van der Waals surface area contributed by atoms with Crippen LogP contribution in [0.5, 0.6) is 5.75 Å². The highest BCUT2D eigenvalue weighted by molar-refractivity contribution is 9.08. The smallest absolute Gasteiger partial charge is 0.132 e. The van der Waals surface area contributed by atoms with Gasteiger partial charge in [-0.25, -0.2) is 0 Å². The van der Waals surface area contributed by atoms with Crippen LogP contribution in [0.1, 0.15) is 43.0 Å². The quantitative estimate of drug-likeness (QED) is 0.683. The van der Waals surface area contributed by atoms with Gasteiger partial charge in [0.1, 0.15) is 12.4 Å². The van der Waals surface area contributed by atoms with E-state index in [0.717, 1.165) is 27.4 Å². The zero-order valence-electron chi connectivity index (χ0n) is 11.8. The molecule has 112 valence electrons. The van der Waals surface area contributed by atoms with Crippen molar-refractivity contribution in [1.29, 1.82) is 0 Å². The molecule has 0 atom stereocenters. The lowest BCUT2D eigenvalue weighted by Crippen LogP contribution is -2.06. The number of alkyl halides is 1. The SMILES string of the molecule is Clc1ccc(OCc2ccn(C3CCCC3)n2)c(CBr)c1. The maximum absolute atomic E-state index is 6.00. The van der Waals surface area contributed by atoms with Gasteiger partial charge in [-0.05, 0) is 37.1 Å². The molecule has 0 amide bonds. The number of rotatable bonds is 5. The Morgan fingerprint density at radius 1 is 1.29 bits per heavy atom. The van der Waals surface area contributed by atoms with Gasteiger partial charge in [0.15, 0.2) is 0 Å². The highest BCUT2D eigenvalue weighted by Gasteiger charge is 2.17. The molecule has 1 heterocycles. The fourth-order valence-electron chi connectivity index (χ4n) is 2.77. The van der Waals surface area contributed by atoms with Gasteiger partial charge in [0.05, 0.1) is 11.7 Å². The van der Waals surface area contributed by atoms with E-state index in [1.54, 1.807) is 0 Å². The molecule has 0 radical (unpaired) electrons. The number of hydrogen-bond acceptors (Lipinski definition) is 2. The van der Waals surface area contributed by atoms with Gasteiger partial charge in [0.25, 0.3) is 0 Å². The fraction of sp³-hybridized carbons (Fsp3) is 0.438. The average molecular weight is 370 g/mol. The molecule has 0 N–H and O–H groups in total. The summed E-state index contributed by atoms with van der Waals surface area (Å²) in [5.41, 5.74) is 2.02. The van der Waals surface area contributed by atoms with Crippen LogP contribution in [0, 0.1) is 0 Å². The van der Waals surface area contributed by atoms with Crippen LogP contribution in [0.4, 0.5) is 0 Å². The van der Waals surface area contributed by atoms with Gasteiger partial charge in [0.2, 0.25) is 0 Å². The molecule has 1 aliphatic rings. The Hall–Kier alpha value is -1.00. The summed E-state index contributed by atoms with van der Waals surface area (Å²) < 4.78 is 7.98. The lowest BCUT2D eigenvalue weighted by Gasteiger charge is -2.10. The Balaban J connectivity index is 1.65. The maximum atomic E-state index is 6.00. The first kappa shape index (κ1) is 14.9. The van der Waals surface area contributed by atoms with Crippen molar-refractivity contribution in [1.82, 2.24) is 9.78 Å². The van der Waals surface area contributed by atoms with Crippen molar-refractivity contribution in [3.63, 3.8) is 0 Å². The highest BCUT2D eigenvalue weighted by atomic mass is 79.9. The molecule has 0 aliphatic heterocycles. The predicted octanol–water partition coefficient (Wildman–Crippen LogP) is 5.13. The van der Waals surface area contributed by atoms with Crippen LogP contribution >= 0.6 is 27.5 Å². The Labute approximate surface area is 138 Å². The minimum absolute atomic E-state index is 0.487. The second-order valence-electron chi connectivity index (χ2n) is 5.40. The third-order valence-electron chi connectivity index (χ3n) is 3.90. The number of halogens is 2. The summed E-state index contributed by atoms with van der Waals surface area (Å²) in [5.74, 6) is 0.853. The van der Waals surface area contributed by atoms with Crippen molar-refractivity contribution < 1.29 is 4.74 Å². The second kappa shape index (κ2) is 6.84. The second-order valence-corrected chi connectivity index (χ2v) is 6.40. The van der Waals surface area contributed by atoms with Crippen LogP contribution in [0.3, 0.4) is 0 Å². The Bertz CT molecular complexity index is 608. The van der Waals surface area contributed by atoms with Gasteiger partial charge in [-0.1, -0.05) is 40.4 Å². The number of aromatic nitrogens is 2. The van der Waals surface area contributed by atoms with Crippen molar-refractivity contribution in [3.8, 4) is 5.75 Å². The molecule has 1 fully saturated rings. The van der Waals surface area contributed by atoms with Crippen molar-refractivity contribution >= 4 is 27.5 Å². The lowest BCUT2D eigenvalue weighted by atomic mass is 10.2. The monoisotopic (exact) mass is 368 g/mol. The maximum Gasteiger partial charge on any atom is 0.132 e. The average Bonchev–Trinajstić information content (AvgIpc) is 3.16. The van der Waals surface area contributed by atoms with Crippen molar-refractivity contribution in [2.75, 3.05) is 0 Å². The first-order valence-corrected chi connectivity index (χ1v) is 8.77. The van der Waals surface area contributed by atoms with Gasteiger partial charge < -0.3 is 4.74 Å². The Morgan fingerprint density at radius 3 is 2.86 bits per heavy atom. The molecule has 3 rings (SSSR count). The van der Waals surface area contributed by atoms with E-state index in [4.69, 9.17) is 16.3 Å². The molecule has 0 saturated heterocycles. The molecule has 2 aromatic rings. The Morgan fingerprint density at radius 2 is 2.10 bits per heavy atom. The third kappa shape index (κ3) is 3.61. The summed E-state index contributed by atoms with van der Waals surface area (Å²) in [6.45, 7) is 0.487. The summed E-state index contributed by atoms with van der Waals surface area (Å²) in [5, 5.41) is 6.08. The summed E-state index contributed by atoms with van der Waals surface area (Å²) in [6.07, 6.45) is 7.19. The molecule has 5 heteroatoms. The molecule has 1 aliphatic carbocycles. The Kier molecular flexibility index (Phi) is 4.86. The minimum atomic E-state index is 0.487. The molecule has 1 saturated carbocycles. The van der Waals surface area contributed by atoms with Crippen molar-refractivity contribution in [2.45, 2.75) is 43.7 Å². The summed E-state index contributed by atoms with van der Waals surface area (Å²) in [7, 11) is 0. The van der Waals surface area contributed by atoms with Crippen LogP contribution in [0.25, 0.3) is 0 Å². The van der Waals surface area contributed by atoms with E-state index in [2.05, 4.69) is 31.9 Å². The zero-order chi connectivity index (χ0) is 14.7. The minimum Gasteiger partial charge on any atom is -0.487 e. The van der Waals surface area contributed by atoms with E-state index >= 15 is 0 Å². The van der Waals surface area contributed by atoms with Crippen molar-refractivity contribution in [2.24, 2.45) is 0 Å². The van der Waals surface area contributed by atoms with Crippen molar-refractivity contribution in [3.05, 3.63) is 46.7 Å². The normalized spacial score (nSPS) is 15.5. The van der Waals surface area contributed by atoms with E-state index in [1.807, 2.05) is 24.3 Å². The van der Waals surface area contributed by atoms with Crippen LogP contribution in [-0.2, 0) is 11.9 Å².